The average molecular weight is 1190 g/mol. The van der Waals surface area contributed by atoms with E-state index in [0.29, 0.717) is 60.7 Å². The van der Waals surface area contributed by atoms with Crippen LogP contribution in [0.1, 0.15) is 74.8 Å². The molecule has 3 fully saturated rings. The van der Waals surface area contributed by atoms with Crippen LogP contribution in [0.3, 0.4) is 0 Å². The lowest BCUT2D eigenvalue weighted by Gasteiger charge is -2.30. The topological polar surface area (TPSA) is 230 Å². The number of hydrogen-bond donors (Lipinski definition) is 7. The quantitative estimate of drug-likeness (QED) is 0.0651. The highest BCUT2D eigenvalue weighted by atomic mass is 19.3. The maximum atomic E-state index is 14.1. The predicted molar refractivity (Wildman–Crippen MR) is 272 cm³/mol. The van der Waals surface area contributed by atoms with Crippen LogP contribution < -0.4 is 37.2 Å². The molecule has 4 heterocycles. The molecule has 0 saturated carbocycles. The Morgan fingerprint density at radius 2 is 0.976 bits per heavy atom. The third kappa shape index (κ3) is 17.7. The number of carbonyl (C=O) groups excluding carboxylic acids is 5. The minimum Gasteiger partial charge on any atom is -0.477 e. The first-order valence-corrected chi connectivity index (χ1v) is 24.4. The van der Waals surface area contributed by atoms with Gasteiger partial charge in [0.1, 0.15) is 40.7 Å². The highest BCUT2D eigenvalue weighted by molar-refractivity contribution is 6.00. The predicted octanol–water partition coefficient (Wildman–Crippen LogP) is 8.14. The van der Waals surface area contributed by atoms with Gasteiger partial charge in [0, 0.05) is 75.3 Å². The van der Waals surface area contributed by atoms with E-state index in [-0.39, 0.29) is 36.3 Å². The molecule has 0 spiro atoms. The average Bonchev–Trinajstić information content (AvgIpc) is 4.37. The number of rotatable bonds is 10. The number of anilines is 1. The van der Waals surface area contributed by atoms with E-state index in [1.54, 1.807) is 35.0 Å². The standard InChI is InChI=1S/C26H19F5N4O2.C13H12F4N2O2.C10H10F2N2O.C3H4F2O2.C2H7N/c1-26(30,31)25(37)33-21-12-23(36)34(24(21)14-8-17(28)11-18(29)9-14)20-6-7-22-15(10-20)13-32-35(22)19-4-2-16(27)3-5-19;1-13(16,17)12(21)18-9-5-10(20)19-11(9)6-2-7(14)4-8(15)3-6;11-6-1-5(2-7(12)3-6)10-8(13)4-9(15)14-10;1-3(4,5)2(6)7;1-3-2/h2-11,13,21,24H,12H2,1H3,(H,33,37);2-4,9,11H,5H2,1H3,(H,18,21)(H,19,20);1-3,8,10H,4,13H2,(H,14,15);1H3,(H,6,7);3H,1-2H3/t21-,24+;9-,11+;8-,10+;;/m000../s1. The Morgan fingerprint density at radius 1 is 0.566 bits per heavy atom. The number of hydrogen-bond acceptors (Lipinski definition) is 9. The first kappa shape index (κ1) is 65.2. The molecule has 3 aliphatic heterocycles. The van der Waals surface area contributed by atoms with Crippen LogP contribution in [-0.4, -0.2) is 100 Å². The normalized spacial score (nSPS) is 19.4. The lowest BCUT2D eigenvalue weighted by Crippen LogP contribution is -2.46. The van der Waals surface area contributed by atoms with E-state index >= 15 is 0 Å². The van der Waals surface area contributed by atoms with E-state index in [1.165, 1.54) is 35.4 Å². The summed E-state index contributed by atoms with van der Waals surface area (Å²) in [4.78, 5) is 69.4. The molecule has 6 atom stereocenters. The summed E-state index contributed by atoms with van der Waals surface area (Å²) in [7, 11) is 3.75. The van der Waals surface area contributed by atoms with Crippen molar-refractivity contribution in [2.24, 2.45) is 5.73 Å². The van der Waals surface area contributed by atoms with Gasteiger partial charge in [-0.05, 0) is 110 Å². The summed E-state index contributed by atoms with van der Waals surface area (Å²) in [5, 5.41) is 24.3. The van der Waals surface area contributed by atoms with E-state index < -0.39 is 124 Å². The van der Waals surface area contributed by atoms with Crippen molar-refractivity contribution in [2.45, 2.75) is 94.1 Å². The Morgan fingerprint density at radius 3 is 1.41 bits per heavy atom. The van der Waals surface area contributed by atoms with E-state index in [9.17, 15) is 85.8 Å². The first-order valence-electron chi connectivity index (χ1n) is 24.4. The fraction of sp³-hybridized carbons (Fsp3) is 0.315. The summed E-state index contributed by atoms with van der Waals surface area (Å²) < 4.78 is 171. The number of nitrogens with one attached hydrogen (secondary N) is 5. The van der Waals surface area contributed by atoms with Crippen LogP contribution >= 0.6 is 0 Å². The van der Waals surface area contributed by atoms with Gasteiger partial charge < -0.3 is 42.3 Å². The molecular formula is C54H52F13N9O7. The van der Waals surface area contributed by atoms with Crippen LogP contribution in [-0.2, 0) is 28.8 Å². The molecule has 0 unspecified atom stereocenters. The number of amides is 5. The second-order valence-corrected chi connectivity index (χ2v) is 19.1. The van der Waals surface area contributed by atoms with Gasteiger partial charge >= 0.3 is 23.7 Å². The fourth-order valence-corrected chi connectivity index (χ4v) is 8.46. The smallest absolute Gasteiger partial charge is 0.374 e. The van der Waals surface area contributed by atoms with Crippen LogP contribution in [0.5, 0.6) is 0 Å². The number of nitrogens with two attached hydrogens (primary N) is 1. The number of aliphatic carboxylic acids is 1. The van der Waals surface area contributed by atoms with Crippen molar-refractivity contribution >= 4 is 52.1 Å². The Hall–Kier alpha value is -8.60. The van der Waals surface area contributed by atoms with Gasteiger partial charge in [-0.25, -0.2) is 40.2 Å². The summed E-state index contributed by atoms with van der Waals surface area (Å²) in [6.07, 6.45) is 1.10. The highest BCUT2D eigenvalue weighted by Gasteiger charge is 2.46. The van der Waals surface area contributed by atoms with Crippen LogP contribution in [0, 0.1) is 40.7 Å². The minimum atomic E-state index is -3.72. The molecule has 446 valence electrons. The number of carboxylic acid groups (broad SMARTS) is 1. The molecule has 5 aromatic carbocycles. The van der Waals surface area contributed by atoms with Crippen molar-refractivity contribution < 1.29 is 90.9 Å². The maximum absolute atomic E-state index is 14.1. The molecule has 8 N–H and O–H groups in total. The van der Waals surface area contributed by atoms with Gasteiger partial charge in [0.2, 0.25) is 17.7 Å². The maximum Gasteiger partial charge on any atom is 0.374 e. The highest BCUT2D eigenvalue weighted by Crippen LogP contribution is 2.40. The van der Waals surface area contributed by atoms with Gasteiger partial charge in [0.15, 0.2) is 0 Å². The summed E-state index contributed by atoms with van der Waals surface area (Å²) in [6, 6.07) is 13.7. The van der Waals surface area contributed by atoms with E-state index in [1.807, 2.05) is 19.4 Å². The number of carboxylic acids is 1. The third-order valence-electron chi connectivity index (χ3n) is 12.0. The zero-order chi connectivity index (χ0) is 62.1. The van der Waals surface area contributed by atoms with Gasteiger partial charge in [-0.1, -0.05) is 0 Å². The number of nitrogens with zero attached hydrogens (tertiary/aromatic N) is 3. The fourth-order valence-electron chi connectivity index (χ4n) is 8.46. The lowest BCUT2D eigenvalue weighted by atomic mass is 9.98. The molecule has 9 rings (SSSR count). The van der Waals surface area contributed by atoms with Crippen LogP contribution in [0.4, 0.5) is 62.8 Å². The monoisotopic (exact) mass is 1190 g/mol. The molecule has 0 bridgehead atoms. The number of fused-ring (bicyclic) bond motifs is 1. The number of halogens is 13. The van der Waals surface area contributed by atoms with Crippen LogP contribution in [0.25, 0.3) is 16.6 Å². The third-order valence-corrected chi connectivity index (χ3v) is 12.0. The zero-order valence-electron chi connectivity index (χ0n) is 44.1. The van der Waals surface area contributed by atoms with E-state index in [4.69, 9.17) is 10.8 Å². The Kier molecular flexibility index (Phi) is 21.2. The van der Waals surface area contributed by atoms with Crippen molar-refractivity contribution in [1.29, 1.82) is 0 Å². The molecular weight excluding hydrogens is 1130 g/mol. The van der Waals surface area contributed by atoms with E-state index in [0.717, 1.165) is 30.3 Å². The summed E-state index contributed by atoms with van der Waals surface area (Å²) in [6.45, 7) is 1.17. The number of carbonyl (C=O) groups is 6. The van der Waals surface area contributed by atoms with Crippen LogP contribution in [0.2, 0.25) is 0 Å². The molecule has 83 heavy (non-hydrogen) atoms. The molecule has 5 amide bonds. The SMILES string of the molecule is CC(F)(F)C(=O)N[C@H]1CC(=O)N(c2ccc3c(cnn3-c3ccc(F)cc3)c2)[C@@H]1c1cc(F)cc(F)c1.CC(F)(F)C(=O)N[C@H]1CC(=O)N[C@@H]1c1cc(F)cc(F)c1.CC(F)(F)C(=O)O.CNC.N[C@H]1CC(=O)N[C@@H]1c1cc(F)cc(F)c1. The lowest BCUT2D eigenvalue weighted by molar-refractivity contribution is -0.162. The summed E-state index contributed by atoms with van der Waals surface area (Å²) in [5.74, 6) is -22.7. The molecule has 6 aromatic rings. The van der Waals surface area contributed by atoms with Gasteiger partial charge in [0.05, 0.1) is 47.6 Å². The minimum absolute atomic E-state index is 0.00447. The Labute approximate surface area is 463 Å². The van der Waals surface area contributed by atoms with Gasteiger partial charge in [0.25, 0.3) is 11.8 Å². The molecule has 1 aromatic heterocycles. The van der Waals surface area contributed by atoms with Crippen molar-refractivity contribution in [3.05, 3.63) is 161 Å². The van der Waals surface area contributed by atoms with Gasteiger partial charge in [-0.15, -0.1) is 0 Å². The van der Waals surface area contributed by atoms with Crippen LogP contribution in [0.15, 0.2) is 103 Å². The van der Waals surface area contributed by atoms with Crippen molar-refractivity contribution in [1.82, 2.24) is 36.4 Å². The number of alkyl halides is 6. The Balaban J connectivity index is 0.000000230. The molecule has 16 nitrogen and oxygen atoms in total. The van der Waals surface area contributed by atoms with Crippen molar-refractivity contribution in [3.8, 4) is 5.69 Å². The van der Waals surface area contributed by atoms with Crippen molar-refractivity contribution in [3.63, 3.8) is 0 Å². The van der Waals surface area contributed by atoms with Gasteiger partial charge in [-0.2, -0.15) is 31.4 Å². The second kappa shape index (κ2) is 27.0. The summed E-state index contributed by atoms with van der Waals surface area (Å²) in [5.41, 5.74) is 7.63. The number of aromatic nitrogens is 2. The first-order chi connectivity index (χ1) is 38.6. The second-order valence-electron chi connectivity index (χ2n) is 19.1. The Bertz CT molecular complexity index is 3280. The molecule has 0 aliphatic carbocycles. The zero-order valence-corrected chi connectivity index (χ0v) is 44.1. The largest absolute Gasteiger partial charge is 0.477 e. The van der Waals surface area contributed by atoms with Gasteiger partial charge in [-0.3, -0.25) is 24.0 Å². The van der Waals surface area contributed by atoms with Crippen molar-refractivity contribution in [2.75, 3.05) is 19.0 Å². The van der Waals surface area contributed by atoms with E-state index in [2.05, 4.69) is 26.4 Å². The molecule has 3 saturated heterocycles. The molecule has 3 aliphatic rings. The molecule has 0 radical (unpaired) electrons. The molecule has 29 heteroatoms. The number of benzene rings is 5. The summed E-state index contributed by atoms with van der Waals surface area (Å²) >= 11 is 0.